The number of nitrogens with two attached hydrogens (primary N) is 1. The molecule has 0 spiro atoms. The van der Waals surface area contributed by atoms with Crippen molar-refractivity contribution in [1.82, 2.24) is 5.32 Å². The molecule has 1 aromatic rings. The second kappa shape index (κ2) is 5.25. The summed E-state index contributed by atoms with van der Waals surface area (Å²) in [6, 6.07) is 3.62. The number of amides is 1. The van der Waals surface area contributed by atoms with Crippen LogP contribution in [0.25, 0.3) is 0 Å². The molecule has 1 aliphatic heterocycles. The van der Waals surface area contributed by atoms with Crippen LogP contribution in [-0.4, -0.2) is 25.7 Å². The molecule has 0 saturated heterocycles. The van der Waals surface area contributed by atoms with Crippen LogP contribution in [0.2, 0.25) is 5.02 Å². The van der Waals surface area contributed by atoms with Gasteiger partial charge in [-0.05, 0) is 17.7 Å². The first-order valence-electron chi connectivity index (χ1n) is 5.24. The Morgan fingerprint density at radius 2 is 2.18 bits per heavy atom. The summed E-state index contributed by atoms with van der Waals surface area (Å²) in [6.07, 6.45) is 0. The van der Waals surface area contributed by atoms with Crippen LogP contribution in [-0.2, 0) is 11.3 Å². The van der Waals surface area contributed by atoms with Crippen molar-refractivity contribution in [3.05, 3.63) is 22.7 Å². The highest BCUT2D eigenvalue weighted by Gasteiger charge is 2.16. The van der Waals surface area contributed by atoms with Gasteiger partial charge >= 0.3 is 0 Å². The van der Waals surface area contributed by atoms with Crippen LogP contribution in [0.4, 0.5) is 0 Å². The molecule has 1 aliphatic rings. The Morgan fingerprint density at radius 1 is 1.41 bits per heavy atom. The normalized spacial score (nSPS) is 13.5. The van der Waals surface area contributed by atoms with E-state index in [-0.39, 0.29) is 6.54 Å². The average Bonchev–Trinajstić information content (AvgIpc) is 2.28. The molecule has 0 aromatic heterocycles. The standard InChI is InChI=1S/C11H13ClN2O3/c12-8-3-7(5-14-6-10(13)15)4-9-11(8)17-2-1-16-9/h3-4,14H,1-2,5-6H2,(H2,13,15). The van der Waals surface area contributed by atoms with Crippen LogP contribution in [0, 0.1) is 0 Å². The molecule has 1 heterocycles. The fraction of sp³-hybridized carbons (Fsp3) is 0.364. The van der Waals surface area contributed by atoms with E-state index in [1.165, 1.54) is 0 Å². The van der Waals surface area contributed by atoms with E-state index in [0.29, 0.717) is 36.3 Å². The number of hydrogen-bond donors (Lipinski definition) is 2. The highest BCUT2D eigenvalue weighted by Crippen LogP contribution is 2.38. The fourth-order valence-corrected chi connectivity index (χ4v) is 1.88. The summed E-state index contributed by atoms with van der Waals surface area (Å²) < 4.78 is 10.8. The predicted molar refractivity (Wildman–Crippen MR) is 63.3 cm³/mol. The average molecular weight is 257 g/mol. The van der Waals surface area contributed by atoms with Crippen LogP contribution >= 0.6 is 11.6 Å². The van der Waals surface area contributed by atoms with Crippen molar-refractivity contribution in [2.45, 2.75) is 6.54 Å². The van der Waals surface area contributed by atoms with Crippen molar-refractivity contribution in [3.8, 4) is 11.5 Å². The molecular formula is C11H13ClN2O3. The molecule has 3 N–H and O–H groups in total. The molecule has 0 atom stereocenters. The summed E-state index contributed by atoms with van der Waals surface area (Å²) in [5.41, 5.74) is 5.94. The lowest BCUT2D eigenvalue weighted by molar-refractivity contribution is -0.117. The summed E-state index contributed by atoms with van der Waals surface area (Å²) in [5.74, 6) is 0.824. The van der Waals surface area contributed by atoms with Crippen molar-refractivity contribution in [1.29, 1.82) is 0 Å². The van der Waals surface area contributed by atoms with Gasteiger partial charge in [-0.1, -0.05) is 11.6 Å². The van der Waals surface area contributed by atoms with Gasteiger partial charge in [0.2, 0.25) is 5.91 Å². The van der Waals surface area contributed by atoms with Gasteiger partial charge in [-0.2, -0.15) is 0 Å². The number of ether oxygens (including phenoxy) is 2. The maximum atomic E-state index is 10.6. The monoisotopic (exact) mass is 256 g/mol. The maximum absolute atomic E-state index is 10.6. The molecule has 0 aliphatic carbocycles. The molecule has 0 fully saturated rings. The van der Waals surface area contributed by atoms with E-state index in [2.05, 4.69) is 5.32 Å². The van der Waals surface area contributed by atoms with Gasteiger partial charge in [0, 0.05) is 6.54 Å². The minimum atomic E-state index is -0.395. The summed E-state index contributed by atoms with van der Waals surface area (Å²) in [4.78, 5) is 10.6. The van der Waals surface area contributed by atoms with Gasteiger partial charge in [0.1, 0.15) is 13.2 Å². The maximum Gasteiger partial charge on any atom is 0.231 e. The Balaban J connectivity index is 2.08. The number of carbonyl (C=O) groups is 1. The smallest absolute Gasteiger partial charge is 0.231 e. The van der Waals surface area contributed by atoms with E-state index in [1.807, 2.05) is 6.07 Å². The quantitative estimate of drug-likeness (QED) is 0.831. The molecule has 0 unspecified atom stereocenters. The van der Waals surface area contributed by atoms with Crippen LogP contribution in [0.1, 0.15) is 5.56 Å². The third kappa shape index (κ3) is 3.01. The lowest BCUT2D eigenvalue weighted by atomic mass is 10.2. The lowest BCUT2D eigenvalue weighted by Crippen LogP contribution is -2.28. The Bertz CT molecular complexity index is 437. The summed E-state index contributed by atoms with van der Waals surface area (Å²) >= 11 is 6.06. The third-order valence-corrected chi connectivity index (χ3v) is 2.57. The molecule has 5 nitrogen and oxygen atoms in total. The lowest BCUT2D eigenvalue weighted by Gasteiger charge is -2.20. The molecule has 2 rings (SSSR count). The van der Waals surface area contributed by atoms with Gasteiger partial charge in [0.15, 0.2) is 11.5 Å². The molecule has 1 amide bonds. The van der Waals surface area contributed by atoms with Gasteiger partial charge in [0.05, 0.1) is 11.6 Å². The SMILES string of the molecule is NC(=O)CNCc1cc(Cl)c2c(c1)OCCO2. The number of halogens is 1. The topological polar surface area (TPSA) is 73.6 Å². The molecule has 0 bridgehead atoms. The zero-order valence-electron chi connectivity index (χ0n) is 9.16. The van der Waals surface area contributed by atoms with Gasteiger partial charge in [0.25, 0.3) is 0 Å². The van der Waals surface area contributed by atoms with Crippen LogP contribution in [0.15, 0.2) is 12.1 Å². The third-order valence-electron chi connectivity index (χ3n) is 2.28. The van der Waals surface area contributed by atoms with E-state index >= 15 is 0 Å². The first kappa shape index (κ1) is 12.0. The molecule has 0 radical (unpaired) electrons. The Hall–Kier alpha value is -1.46. The van der Waals surface area contributed by atoms with Crippen molar-refractivity contribution in [2.24, 2.45) is 5.73 Å². The molecular weight excluding hydrogens is 244 g/mol. The first-order chi connectivity index (χ1) is 8.16. The zero-order valence-corrected chi connectivity index (χ0v) is 9.92. The van der Waals surface area contributed by atoms with Crippen LogP contribution < -0.4 is 20.5 Å². The van der Waals surface area contributed by atoms with Crippen LogP contribution in [0.3, 0.4) is 0 Å². The van der Waals surface area contributed by atoms with E-state index in [9.17, 15) is 4.79 Å². The molecule has 0 saturated carbocycles. The summed E-state index contributed by atoms with van der Waals surface area (Å²) in [6.45, 7) is 1.65. The number of fused-ring (bicyclic) bond motifs is 1. The minimum Gasteiger partial charge on any atom is -0.486 e. The second-order valence-electron chi connectivity index (χ2n) is 3.67. The summed E-state index contributed by atoms with van der Waals surface area (Å²) in [7, 11) is 0. The first-order valence-corrected chi connectivity index (χ1v) is 5.61. The highest BCUT2D eigenvalue weighted by atomic mass is 35.5. The number of carbonyl (C=O) groups excluding carboxylic acids is 1. The van der Waals surface area contributed by atoms with Crippen molar-refractivity contribution in [3.63, 3.8) is 0 Å². The van der Waals surface area contributed by atoms with E-state index in [4.69, 9.17) is 26.8 Å². The fourth-order valence-electron chi connectivity index (χ4n) is 1.60. The van der Waals surface area contributed by atoms with E-state index in [1.54, 1.807) is 6.07 Å². The Morgan fingerprint density at radius 3 is 2.94 bits per heavy atom. The minimum absolute atomic E-state index is 0.131. The van der Waals surface area contributed by atoms with Gasteiger partial charge in [-0.25, -0.2) is 0 Å². The number of benzene rings is 1. The number of hydrogen-bond acceptors (Lipinski definition) is 4. The van der Waals surface area contributed by atoms with Crippen molar-refractivity contribution >= 4 is 17.5 Å². The number of primary amides is 1. The highest BCUT2D eigenvalue weighted by molar-refractivity contribution is 6.32. The Labute approximate surface area is 104 Å². The van der Waals surface area contributed by atoms with E-state index < -0.39 is 5.91 Å². The van der Waals surface area contributed by atoms with Crippen molar-refractivity contribution < 1.29 is 14.3 Å². The van der Waals surface area contributed by atoms with Crippen molar-refractivity contribution in [2.75, 3.05) is 19.8 Å². The van der Waals surface area contributed by atoms with Crippen LogP contribution in [0.5, 0.6) is 11.5 Å². The Kier molecular flexibility index (Phi) is 3.71. The van der Waals surface area contributed by atoms with Gasteiger partial charge in [-0.15, -0.1) is 0 Å². The molecule has 1 aromatic carbocycles. The van der Waals surface area contributed by atoms with E-state index in [0.717, 1.165) is 5.56 Å². The number of nitrogens with one attached hydrogen (secondary N) is 1. The second-order valence-corrected chi connectivity index (χ2v) is 4.08. The van der Waals surface area contributed by atoms with Gasteiger partial charge in [-0.3, -0.25) is 4.79 Å². The molecule has 92 valence electrons. The van der Waals surface area contributed by atoms with Gasteiger partial charge < -0.3 is 20.5 Å². The number of rotatable bonds is 4. The predicted octanol–water partition coefficient (Wildman–Crippen LogP) is 0.686. The molecule has 17 heavy (non-hydrogen) atoms. The zero-order chi connectivity index (χ0) is 12.3. The summed E-state index contributed by atoms with van der Waals surface area (Å²) in [5, 5.41) is 3.42. The molecule has 6 heteroatoms. The largest absolute Gasteiger partial charge is 0.486 e.